The zero-order valence-corrected chi connectivity index (χ0v) is 11.6. The van der Waals surface area contributed by atoms with Crippen LogP contribution in [0.15, 0.2) is 12.2 Å². The van der Waals surface area contributed by atoms with Crippen molar-refractivity contribution >= 4 is 0 Å². The molecule has 0 aromatic carbocycles. The maximum absolute atomic E-state index is 2.68. The third kappa shape index (κ3) is 4.11. The van der Waals surface area contributed by atoms with E-state index in [1.807, 2.05) is 0 Å². The van der Waals surface area contributed by atoms with E-state index in [-0.39, 0.29) is 0 Å². The first-order valence-electron chi connectivity index (χ1n) is 7.39. The van der Waals surface area contributed by atoms with Gasteiger partial charge in [-0.2, -0.15) is 0 Å². The molecule has 98 valence electrons. The molecule has 0 aromatic heterocycles. The minimum Gasteiger partial charge on any atom is -0.301 e. The summed E-state index contributed by atoms with van der Waals surface area (Å²) >= 11 is 0. The molecule has 0 amide bonds. The molecule has 1 aliphatic carbocycles. The normalized spacial score (nSPS) is 27.8. The van der Waals surface area contributed by atoms with Crippen LogP contribution in [0.2, 0.25) is 0 Å². The second-order valence-corrected chi connectivity index (χ2v) is 5.99. The average Bonchev–Trinajstić information content (AvgIpc) is 2.38. The van der Waals surface area contributed by atoms with E-state index in [2.05, 4.69) is 35.8 Å². The molecule has 2 nitrogen and oxygen atoms in total. The lowest BCUT2D eigenvalue weighted by atomic mass is 10.0. The summed E-state index contributed by atoms with van der Waals surface area (Å²) in [5.41, 5.74) is 0. The highest BCUT2D eigenvalue weighted by atomic mass is 15.3. The van der Waals surface area contributed by atoms with Crippen LogP contribution < -0.4 is 0 Å². The smallest absolute Gasteiger partial charge is 0.0279 e. The van der Waals surface area contributed by atoms with E-state index in [1.165, 1.54) is 58.4 Å². The predicted octanol–water partition coefficient (Wildman–Crippen LogP) is 2.76. The minimum absolute atomic E-state index is 0.746. The van der Waals surface area contributed by atoms with Gasteiger partial charge < -0.3 is 4.90 Å². The van der Waals surface area contributed by atoms with Crippen LogP contribution in [0.5, 0.6) is 0 Å². The molecule has 2 heteroatoms. The van der Waals surface area contributed by atoms with E-state index < -0.39 is 0 Å². The Morgan fingerprint density at radius 3 is 2.53 bits per heavy atom. The SMILES string of the molecule is CC(C)CCN1CCN([C@H]2C=CCCC2)CC1. The number of rotatable bonds is 4. The van der Waals surface area contributed by atoms with Gasteiger partial charge in [0.25, 0.3) is 0 Å². The molecule has 0 spiro atoms. The lowest BCUT2D eigenvalue weighted by molar-refractivity contribution is 0.103. The van der Waals surface area contributed by atoms with Gasteiger partial charge in [-0.25, -0.2) is 0 Å². The van der Waals surface area contributed by atoms with Gasteiger partial charge in [0.2, 0.25) is 0 Å². The standard InChI is InChI=1S/C15H28N2/c1-14(2)8-9-16-10-12-17(13-11-16)15-6-4-3-5-7-15/h4,6,14-15H,3,5,7-13H2,1-2H3/t15-/m0/s1. The van der Waals surface area contributed by atoms with Crippen LogP contribution in [-0.4, -0.2) is 48.6 Å². The van der Waals surface area contributed by atoms with E-state index in [0.29, 0.717) is 0 Å². The summed E-state index contributed by atoms with van der Waals surface area (Å²) in [6.07, 6.45) is 10.2. The van der Waals surface area contributed by atoms with Crippen LogP contribution in [0.1, 0.15) is 39.5 Å². The Bertz CT molecular complexity index is 239. The van der Waals surface area contributed by atoms with Crippen molar-refractivity contribution in [3.63, 3.8) is 0 Å². The van der Waals surface area contributed by atoms with Crippen molar-refractivity contribution < 1.29 is 0 Å². The Morgan fingerprint density at radius 1 is 1.18 bits per heavy atom. The molecule has 1 saturated heterocycles. The third-order valence-corrected chi connectivity index (χ3v) is 4.13. The Balaban J connectivity index is 1.70. The number of allylic oxidation sites excluding steroid dienone is 1. The van der Waals surface area contributed by atoms with Gasteiger partial charge in [-0.05, 0) is 38.1 Å². The van der Waals surface area contributed by atoms with Crippen molar-refractivity contribution in [1.82, 2.24) is 9.80 Å². The van der Waals surface area contributed by atoms with Crippen LogP contribution in [0.25, 0.3) is 0 Å². The van der Waals surface area contributed by atoms with Crippen molar-refractivity contribution in [1.29, 1.82) is 0 Å². The molecular weight excluding hydrogens is 208 g/mol. The van der Waals surface area contributed by atoms with E-state index in [0.717, 1.165) is 12.0 Å². The first kappa shape index (κ1) is 13.1. The van der Waals surface area contributed by atoms with Gasteiger partial charge in [0.15, 0.2) is 0 Å². The van der Waals surface area contributed by atoms with Gasteiger partial charge >= 0.3 is 0 Å². The monoisotopic (exact) mass is 236 g/mol. The first-order valence-corrected chi connectivity index (χ1v) is 7.39. The molecule has 0 N–H and O–H groups in total. The number of piperazine rings is 1. The fourth-order valence-electron chi connectivity index (χ4n) is 2.86. The largest absolute Gasteiger partial charge is 0.301 e. The summed E-state index contributed by atoms with van der Waals surface area (Å²) in [4.78, 5) is 5.32. The van der Waals surface area contributed by atoms with Crippen molar-refractivity contribution in [2.24, 2.45) is 5.92 Å². The van der Waals surface area contributed by atoms with Crippen molar-refractivity contribution in [2.45, 2.75) is 45.6 Å². The maximum atomic E-state index is 2.68. The quantitative estimate of drug-likeness (QED) is 0.693. The van der Waals surface area contributed by atoms with Crippen LogP contribution >= 0.6 is 0 Å². The molecule has 0 radical (unpaired) electrons. The summed E-state index contributed by atoms with van der Waals surface area (Å²) in [5.74, 6) is 0.842. The molecule has 2 rings (SSSR count). The van der Waals surface area contributed by atoms with Gasteiger partial charge in [0.05, 0.1) is 0 Å². The number of hydrogen-bond acceptors (Lipinski definition) is 2. The third-order valence-electron chi connectivity index (χ3n) is 4.13. The van der Waals surface area contributed by atoms with Crippen molar-refractivity contribution in [2.75, 3.05) is 32.7 Å². The topological polar surface area (TPSA) is 6.48 Å². The predicted molar refractivity (Wildman–Crippen MR) is 74.2 cm³/mol. The molecule has 0 bridgehead atoms. The summed E-state index contributed by atoms with van der Waals surface area (Å²) in [7, 11) is 0. The van der Waals surface area contributed by atoms with Gasteiger partial charge in [-0.15, -0.1) is 0 Å². The van der Waals surface area contributed by atoms with E-state index in [1.54, 1.807) is 0 Å². The molecule has 1 aliphatic heterocycles. The Kier molecular flexibility index (Phi) is 5.05. The maximum Gasteiger partial charge on any atom is 0.0279 e. The van der Waals surface area contributed by atoms with E-state index in [9.17, 15) is 0 Å². The molecule has 0 saturated carbocycles. The Labute approximate surface area is 107 Å². The molecule has 2 aliphatic rings. The second kappa shape index (κ2) is 6.55. The van der Waals surface area contributed by atoms with Crippen LogP contribution in [-0.2, 0) is 0 Å². The summed E-state index contributed by atoms with van der Waals surface area (Å²) in [6.45, 7) is 11.0. The molecule has 1 atom stereocenters. The second-order valence-electron chi connectivity index (χ2n) is 5.99. The average molecular weight is 236 g/mol. The Hall–Kier alpha value is -0.340. The highest BCUT2D eigenvalue weighted by Gasteiger charge is 2.22. The van der Waals surface area contributed by atoms with Crippen LogP contribution in [0.3, 0.4) is 0 Å². The molecule has 1 fully saturated rings. The summed E-state index contributed by atoms with van der Waals surface area (Å²) < 4.78 is 0. The van der Waals surface area contributed by atoms with E-state index >= 15 is 0 Å². The van der Waals surface area contributed by atoms with Gasteiger partial charge in [0, 0.05) is 32.2 Å². The van der Waals surface area contributed by atoms with Gasteiger partial charge in [-0.3, -0.25) is 4.90 Å². The van der Waals surface area contributed by atoms with Gasteiger partial charge in [-0.1, -0.05) is 26.0 Å². The lowest BCUT2D eigenvalue weighted by Crippen LogP contribution is -2.50. The zero-order valence-electron chi connectivity index (χ0n) is 11.6. The van der Waals surface area contributed by atoms with Gasteiger partial charge in [0.1, 0.15) is 0 Å². The molecule has 0 aromatic rings. The van der Waals surface area contributed by atoms with Crippen LogP contribution in [0, 0.1) is 5.92 Å². The fraction of sp³-hybridized carbons (Fsp3) is 0.867. The van der Waals surface area contributed by atoms with Crippen molar-refractivity contribution in [3.05, 3.63) is 12.2 Å². The van der Waals surface area contributed by atoms with E-state index in [4.69, 9.17) is 0 Å². The van der Waals surface area contributed by atoms with Crippen LogP contribution in [0.4, 0.5) is 0 Å². The lowest BCUT2D eigenvalue weighted by Gasteiger charge is -2.39. The number of hydrogen-bond donors (Lipinski definition) is 0. The molecular formula is C15H28N2. The first-order chi connectivity index (χ1) is 8.25. The zero-order chi connectivity index (χ0) is 12.1. The Morgan fingerprint density at radius 2 is 1.94 bits per heavy atom. The highest BCUT2D eigenvalue weighted by Crippen LogP contribution is 2.18. The summed E-state index contributed by atoms with van der Waals surface area (Å²) in [5, 5.41) is 0. The molecule has 1 heterocycles. The minimum atomic E-state index is 0.746. The number of nitrogens with zero attached hydrogens (tertiary/aromatic N) is 2. The summed E-state index contributed by atoms with van der Waals surface area (Å²) in [6, 6.07) is 0.746. The fourth-order valence-corrected chi connectivity index (χ4v) is 2.86. The highest BCUT2D eigenvalue weighted by molar-refractivity contribution is 4.99. The molecule has 17 heavy (non-hydrogen) atoms. The molecule has 0 unspecified atom stereocenters. The van der Waals surface area contributed by atoms with Crippen molar-refractivity contribution in [3.8, 4) is 0 Å².